The molecule has 0 spiro atoms. The number of benzene rings is 2. The van der Waals surface area contributed by atoms with Crippen LogP contribution in [0.4, 0.5) is 0 Å². The highest BCUT2D eigenvalue weighted by Crippen LogP contribution is 2.34. The first kappa shape index (κ1) is 12.8. The molecule has 0 aliphatic heterocycles. The van der Waals surface area contributed by atoms with E-state index in [-0.39, 0.29) is 0 Å². The van der Waals surface area contributed by atoms with Gasteiger partial charge in [-0.2, -0.15) is 0 Å². The van der Waals surface area contributed by atoms with Crippen LogP contribution in [-0.2, 0) is 10.5 Å². The van der Waals surface area contributed by atoms with E-state index < -0.39 is 5.72 Å². The van der Waals surface area contributed by atoms with Crippen molar-refractivity contribution in [2.45, 2.75) is 5.72 Å². The Hall–Kier alpha value is -1.64. The van der Waals surface area contributed by atoms with Crippen molar-refractivity contribution in [2.24, 2.45) is 0 Å². The van der Waals surface area contributed by atoms with Gasteiger partial charge in [0.25, 0.3) is 0 Å². The number of methoxy groups -OCH3 is 1. The van der Waals surface area contributed by atoms with Crippen LogP contribution in [0.15, 0.2) is 60.7 Å². The van der Waals surface area contributed by atoms with E-state index in [1.54, 1.807) is 7.11 Å². The number of ether oxygens (including phenoxy) is 1. The lowest BCUT2D eigenvalue weighted by atomic mass is 9.93. The molecule has 0 amide bonds. The van der Waals surface area contributed by atoms with Gasteiger partial charge in [-0.15, -0.1) is 0 Å². The van der Waals surface area contributed by atoms with Crippen LogP contribution >= 0.6 is 0 Å². The minimum absolute atomic E-state index is 0.539. The Kier molecular flexibility index (Phi) is 3.80. The summed E-state index contributed by atoms with van der Waals surface area (Å²) < 4.78 is 5.90. The number of rotatable bonds is 4. The maximum Gasteiger partial charge on any atom is 0.173 e. The van der Waals surface area contributed by atoms with Gasteiger partial charge in [0.2, 0.25) is 0 Å². The molecule has 0 saturated carbocycles. The molecule has 2 nitrogen and oxygen atoms in total. The monoisotopic (exact) mass is 241 g/mol. The molecular formula is C16H19NO. The summed E-state index contributed by atoms with van der Waals surface area (Å²) >= 11 is 0. The fourth-order valence-electron chi connectivity index (χ4n) is 2.43. The minimum Gasteiger partial charge on any atom is -0.355 e. The molecule has 2 aromatic rings. The molecule has 18 heavy (non-hydrogen) atoms. The van der Waals surface area contributed by atoms with Gasteiger partial charge >= 0.3 is 0 Å². The normalized spacial score (nSPS) is 11.8. The molecule has 0 radical (unpaired) electrons. The van der Waals surface area contributed by atoms with Gasteiger partial charge in [-0.1, -0.05) is 60.7 Å². The van der Waals surface area contributed by atoms with Gasteiger partial charge in [0.1, 0.15) is 0 Å². The molecule has 0 aliphatic carbocycles. The third-order valence-corrected chi connectivity index (χ3v) is 3.26. The van der Waals surface area contributed by atoms with Crippen molar-refractivity contribution in [2.75, 3.05) is 21.2 Å². The Morgan fingerprint density at radius 1 is 0.778 bits per heavy atom. The Labute approximate surface area is 109 Å². The van der Waals surface area contributed by atoms with Crippen molar-refractivity contribution in [1.82, 2.24) is 4.90 Å². The molecular weight excluding hydrogens is 222 g/mol. The number of nitrogens with zero attached hydrogens (tertiary/aromatic N) is 1. The second-order valence-corrected chi connectivity index (χ2v) is 4.47. The van der Waals surface area contributed by atoms with Gasteiger partial charge in [-0.25, -0.2) is 0 Å². The molecule has 0 N–H and O–H groups in total. The zero-order chi connectivity index (χ0) is 13.0. The summed E-state index contributed by atoms with van der Waals surface area (Å²) in [5.74, 6) is 0. The fourth-order valence-corrected chi connectivity index (χ4v) is 2.43. The summed E-state index contributed by atoms with van der Waals surface area (Å²) in [4.78, 5) is 2.09. The molecule has 0 bridgehead atoms. The third kappa shape index (κ3) is 2.05. The first-order chi connectivity index (χ1) is 8.71. The molecule has 2 rings (SSSR count). The summed E-state index contributed by atoms with van der Waals surface area (Å²) in [6, 6.07) is 20.6. The Morgan fingerprint density at radius 3 is 1.44 bits per heavy atom. The minimum atomic E-state index is -0.539. The molecule has 0 atom stereocenters. The average Bonchev–Trinajstić information content (AvgIpc) is 2.42. The molecule has 0 aliphatic rings. The summed E-state index contributed by atoms with van der Waals surface area (Å²) in [5.41, 5.74) is 1.72. The van der Waals surface area contributed by atoms with Crippen LogP contribution in [0, 0.1) is 0 Å². The summed E-state index contributed by atoms with van der Waals surface area (Å²) in [6.45, 7) is 0. The van der Waals surface area contributed by atoms with Crippen LogP contribution in [0.1, 0.15) is 11.1 Å². The Balaban J connectivity index is 2.61. The van der Waals surface area contributed by atoms with E-state index in [0.29, 0.717) is 0 Å². The lowest BCUT2D eigenvalue weighted by Crippen LogP contribution is -2.44. The highest BCUT2D eigenvalue weighted by molar-refractivity contribution is 5.35. The van der Waals surface area contributed by atoms with Gasteiger partial charge in [-0.3, -0.25) is 4.90 Å². The highest BCUT2D eigenvalue weighted by Gasteiger charge is 2.36. The van der Waals surface area contributed by atoms with E-state index in [1.165, 1.54) is 0 Å². The van der Waals surface area contributed by atoms with Crippen LogP contribution in [0.3, 0.4) is 0 Å². The van der Waals surface area contributed by atoms with Crippen molar-refractivity contribution in [3.63, 3.8) is 0 Å². The van der Waals surface area contributed by atoms with Crippen LogP contribution in [-0.4, -0.2) is 26.1 Å². The lowest BCUT2D eigenvalue weighted by molar-refractivity contribution is -0.0869. The van der Waals surface area contributed by atoms with E-state index in [4.69, 9.17) is 4.74 Å². The zero-order valence-electron chi connectivity index (χ0n) is 11.1. The van der Waals surface area contributed by atoms with Crippen LogP contribution in [0.5, 0.6) is 0 Å². The largest absolute Gasteiger partial charge is 0.355 e. The van der Waals surface area contributed by atoms with E-state index in [2.05, 4.69) is 29.2 Å². The predicted octanol–water partition coefficient (Wildman–Crippen LogP) is 3.10. The van der Waals surface area contributed by atoms with Crippen LogP contribution in [0.2, 0.25) is 0 Å². The van der Waals surface area contributed by atoms with Crippen LogP contribution in [0.25, 0.3) is 0 Å². The number of hydrogen-bond acceptors (Lipinski definition) is 2. The number of hydrogen-bond donors (Lipinski definition) is 0. The van der Waals surface area contributed by atoms with Crippen LogP contribution < -0.4 is 0 Å². The molecule has 0 aromatic heterocycles. The van der Waals surface area contributed by atoms with Gasteiger partial charge in [0, 0.05) is 18.2 Å². The van der Waals surface area contributed by atoms with E-state index in [9.17, 15) is 0 Å². The van der Waals surface area contributed by atoms with E-state index in [0.717, 1.165) is 11.1 Å². The Bertz CT molecular complexity index is 439. The van der Waals surface area contributed by atoms with Crippen molar-refractivity contribution < 1.29 is 4.74 Å². The molecule has 2 heteroatoms. The quantitative estimate of drug-likeness (QED) is 0.763. The molecule has 0 saturated heterocycles. The maximum absolute atomic E-state index is 5.90. The standard InChI is InChI=1S/C16H19NO/c1-17(2)16(18-3,14-10-6-4-7-11-14)15-12-8-5-9-13-15/h4-13H,1-3H3. The van der Waals surface area contributed by atoms with Crippen molar-refractivity contribution >= 4 is 0 Å². The summed E-state index contributed by atoms with van der Waals surface area (Å²) in [5, 5.41) is 0. The summed E-state index contributed by atoms with van der Waals surface area (Å²) in [6.07, 6.45) is 0. The third-order valence-electron chi connectivity index (χ3n) is 3.26. The first-order valence-electron chi connectivity index (χ1n) is 6.05. The second-order valence-electron chi connectivity index (χ2n) is 4.47. The van der Waals surface area contributed by atoms with Gasteiger partial charge in [-0.05, 0) is 14.1 Å². The Morgan fingerprint density at radius 2 is 1.17 bits per heavy atom. The smallest absolute Gasteiger partial charge is 0.173 e. The molecule has 0 fully saturated rings. The van der Waals surface area contributed by atoms with Gasteiger partial charge < -0.3 is 4.74 Å². The maximum atomic E-state index is 5.90. The SMILES string of the molecule is COC(c1ccccc1)(c1ccccc1)N(C)C. The zero-order valence-corrected chi connectivity index (χ0v) is 11.1. The van der Waals surface area contributed by atoms with Gasteiger partial charge in [0.15, 0.2) is 5.72 Å². The molecule has 94 valence electrons. The summed E-state index contributed by atoms with van der Waals surface area (Å²) in [7, 11) is 5.81. The van der Waals surface area contributed by atoms with E-state index in [1.807, 2.05) is 50.5 Å². The van der Waals surface area contributed by atoms with E-state index >= 15 is 0 Å². The molecule has 2 aromatic carbocycles. The van der Waals surface area contributed by atoms with Crippen molar-refractivity contribution in [1.29, 1.82) is 0 Å². The van der Waals surface area contributed by atoms with Crippen molar-refractivity contribution in [3.05, 3.63) is 71.8 Å². The molecule has 0 heterocycles. The lowest BCUT2D eigenvalue weighted by Gasteiger charge is -2.39. The predicted molar refractivity (Wildman–Crippen MR) is 74.4 cm³/mol. The second kappa shape index (κ2) is 5.34. The average molecular weight is 241 g/mol. The first-order valence-corrected chi connectivity index (χ1v) is 6.05. The topological polar surface area (TPSA) is 12.5 Å². The molecule has 0 unspecified atom stereocenters. The van der Waals surface area contributed by atoms with Crippen molar-refractivity contribution in [3.8, 4) is 0 Å². The highest BCUT2D eigenvalue weighted by atomic mass is 16.5. The van der Waals surface area contributed by atoms with Gasteiger partial charge in [0.05, 0.1) is 0 Å². The fraction of sp³-hybridized carbons (Fsp3) is 0.250.